The highest BCUT2D eigenvalue weighted by Crippen LogP contribution is 2.62. The molecule has 1 aliphatic carbocycles. The highest BCUT2D eigenvalue weighted by Gasteiger charge is 2.56. The van der Waals surface area contributed by atoms with Crippen LogP contribution in [0.5, 0.6) is 0 Å². The van der Waals surface area contributed by atoms with Crippen molar-refractivity contribution >= 4 is 5.97 Å². The van der Waals surface area contributed by atoms with Crippen LogP contribution in [0, 0.1) is 17.3 Å². The largest absolute Gasteiger partial charge is 0.463 e. The summed E-state index contributed by atoms with van der Waals surface area (Å²) in [6.45, 7) is 13.0. The molecule has 2 atom stereocenters. The maximum atomic E-state index is 11.4. The molecule has 0 bridgehead atoms. The SMILES string of the molecule is CCOC(=O)/C=C(\C)[C@H]1[C@H](C=C(C)C)C1(C)C. The maximum Gasteiger partial charge on any atom is 0.330 e. The second kappa shape index (κ2) is 5.07. The Labute approximate surface area is 105 Å². The molecule has 0 N–H and O–H groups in total. The normalized spacial score (nSPS) is 26.4. The first-order valence-corrected chi connectivity index (χ1v) is 6.30. The Kier molecular flexibility index (Phi) is 4.18. The van der Waals surface area contributed by atoms with Gasteiger partial charge in [-0.2, -0.15) is 0 Å². The van der Waals surface area contributed by atoms with Gasteiger partial charge in [-0.1, -0.05) is 31.1 Å². The third-order valence-electron chi connectivity index (χ3n) is 3.55. The molecule has 0 saturated heterocycles. The van der Waals surface area contributed by atoms with Gasteiger partial charge >= 0.3 is 5.97 Å². The summed E-state index contributed by atoms with van der Waals surface area (Å²) in [5.41, 5.74) is 2.75. The van der Waals surface area contributed by atoms with Crippen LogP contribution in [0.4, 0.5) is 0 Å². The third kappa shape index (κ3) is 3.21. The van der Waals surface area contributed by atoms with Crippen molar-refractivity contribution in [2.24, 2.45) is 17.3 Å². The number of carbonyl (C=O) groups excluding carboxylic acids is 1. The Balaban J connectivity index is 2.75. The van der Waals surface area contributed by atoms with E-state index in [-0.39, 0.29) is 11.4 Å². The molecule has 17 heavy (non-hydrogen) atoms. The van der Waals surface area contributed by atoms with Crippen LogP contribution in [0.25, 0.3) is 0 Å². The van der Waals surface area contributed by atoms with E-state index in [2.05, 4.69) is 33.8 Å². The average molecular weight is 236 g/mol. The molecule has 1 rings (SSSR count). The highest BCUT2D eigenvalue weighted by molar-refractivity contribution is 5.83. The van der Waals surface area contributed by atoms with Gasteiger partial charge in [-0.3, -0.25) is 0 Å². The van der Waals surface area contributed by atoms with Gasteiger partial charge in [0.2, 0.25) is 0 Å². The summed E-state index contributed by atoms with van der Waals surface area (Å²) in [7, 11) is 0. The molecule has 0 aromatic heterocycles. The van der Waals surface area contributed by atoms with Gasteiger partial charge in [-0.05, 0) is 44.9 Å². The molecule has 0 unspecified atom stereocenters. The Bertz CT molecular complexity index is 357. The molecule has 2 nitrogen and oxygen atoms in total. The minimum atomic E-state index is -0.219. The fourth-order valence-corrected chi connectivity index (χ4v) is 2.68. The molecule has 0 spiro atoms. The van der Waals surface area contributed by atoms with Gasteiger partial charge in [0.05, 0.1) is 6.61 Å². The van der Waals surface area contributed by atoms with Crippen molar-refractivity contribution in [1.29, 1.82) is 0 Å². The second-order valence-corrected chi connectivity index (χ2v) is 5.71. The Morgan fingerprint density at radius 2 is 1.88 bits per heavy atom. The number of esters is 1. The van der Waals surface area contributed by atoms with E-state index in [4.69, 9.17) is 4.74 Å². The van der Waals surface area contributed by atoms with E-state index in [1.165, 1.54) is 5.57 Å². The summed E-state index contributed by atoms with van der Waals surface area (Å²) in [5.74, 6) is 0.809. The van der Waals surface area contributed by atoms with Crippen molar-refractivity contribution in [1.82, 2.24) is 0 Å². The van der Waals surface area contributed by atoms with Crippen LogP contribution >= 0.6 is 0 Å². The van der Waals surface area contributed by atoms with Gasteiger partial charge < -0.3 is 4.74 Å². The van der Waals surface area contributed by atoms with E-state index in [0.717, 1.165) is 5.57 Å². The van der Waals surface area contributed by atoms with Crippen LogP contribution in [0.1, 0.15) is 41.5 Å². The summed E-state index contributed by atoms with van der Waals surface area (Å²) < 4.78 is 4.94. The lowest BCUT2D eigenvalue weighted by atomic mass is 10.0. The molecule has 1 fully saturated rings. The molecule has 0 amide bonds. The number of carbonyl (C=O) groups is 1. The van der Waals surface area contributed by atoms with Gasteiger partial charge in [0.1, 0.15) is 0 Å². The van der Waals surface area contributed by atoms with E-state index in [1.807, 2.05) is 13.8 Å². The molecule has 0 aromatic carbocycles. The molecule has 96 valence electrons. The standard InChI is InChI=1S/C15H24O2/c1-7-17-13(16)9-11(4)14-12(8-10(2)3)15(14,5)6/h8-9,12,14H,7H2,1-6H3/b11-9+/t12-,14-/m0/s1. The van der Waals surface area contributed by atoms with Crippen molar-refractivity contribution in [2.45, 2.75) is 41.5 Å². The molecule has 1 aliphatic rings. The van der Waals surface area contributed by atoms with E-state index < -0.39 is 0 Å². The number of ether oxygens (including phenoxy) is 1. The van der Waals surface area contributed by atoms with E-state index in [0.29, 0.717) is 18.4 Å². The fraction of sp³-hybridized carbons (Fsp3) is 0.667. The van der Waals surface area contributed by atoms with Crippen LogP contribution in [0.15, 0.2) is 23.3 Å². The van der Waals surface area contributed by atoms with Crippen molar-refractivity contribution < 1.29 is 9.53 Å². The van der Waals surface area contributed by atoms with Crippen LogP contribution in [-0.2, 0) is 9.53 Å². The van der Waals surface area contributed by atoms with Crippen LogP contribution in [0.3, 0.4) is 0 Å². The lowest BCUT2D eigenvalue weighted by Gasteiger charge is -2.03. The summed E-state index contributed by atoms with van der Waals surface area (Å²) in [5, 5.41) is 0. The first kappa shape index (κ1) is 14.0. The first-order chi connectivity index (χ1) is 7.80. The van der Waals surface area contributed by atoms with E-state index in [1.54, 1.807) is 6.08 Å². The van der Waals surface area contributed by atoms with Gasteiger partial charge in [0, 0.05) is 6.08 Å². The third-order valence-corrected chi connectivity index (χ3v) is 3.55. The molecule has 0 aliphatic heterocycles. The molecule has 0 radical (unpaired) electrons. The molecule has 0 heterocycles. The number of rotatable bonds is 4. The van der Waals surface area contributed by atoms with Gasteiger partial charge in [0.15, 0.2) is 0 Å². The fourth-order valence-electron chi connectivity index (χ4n) is 2.68. The molecule has 0 aromatic rings. The summed E-state index contributed by atoms with van der Waals surface area (Å²) in [6, 6.07) is 0. The van der Waals surface area contributed by atoms with Gasteiger partial charge in [-0.15, -0.1) is 0 Å². The Hall–Kier alpha value is -1.05. The molecular weight excluding hydrogens is 212 g/mol. The minimum Gasteiger partial charge on any atom is -0.463 e. The monoisotopic (exact) mass is 236 g/mol. The van der Waals surface area contributed by atoms with Crippen molar-refractivity contribution in [3.63, 3.8) is 0 Å². The lowest BCUT2D eigenvalue weighted by Crippen LogP contribution is -2.02. The second-order valence-electron chi connectivity index (χ2n) is 5.71. The van der Waals surface area contributed by atoms with E-state index >= 15 is 0 Å². The zero-order valence-corrected chi connectivity index (χ0v) is 11.8. The zero-order chi connectivity index (χ0) is 13.2. The highest BCUT2D eigenvalue weighted by atomic mass is 16.5. The minimum absolute atomic E-state index is 0.219. The van der Waals surface area contributed by atoms with Crippen molar-refractivity contribution in [3.05, 3.63) is 23.3 Å². The Morgan fingerprint density at radius 1 is 1.29 bits per heavy atom. The van der Waals surface area contributed by atoms with Crippen molar-refractivity contribution in [2.75, 3.05) is 6.61 Å². The number of hydrogen-bond donors (Lipinski definition) is 0. The zero-order valence-electron chi connectivity index (χ0n) is 11.8. The van der Waals surface area contributed by atoms with Crippen LogP contribution in [-0.4, -0.2) is 12.6 Å². The topological polar surface area (TPSA) is 26.3 Å². The first-order valence-electron chi connectivity index (χ1n) is 6.30. The lowest BCUT2D eigenvalue weighted by molar-refractivity contribution is -0.137. The smallest absolute Gasteiger partial charge is 0.330 e. The predicted octanol–water partition coefficient (Wildman–Crippen LogP) is 3.73. The van der Waals surface area contributed by atoms with Crippen LogP contribution < -0.4 is 0 Å². The average Bonchev–Trinajstić information content (AvgIpc) is 2.66. The predicted molar refractivity (Wildman–Crippen MR) is 70.6 cm³/mol. The van der Waals surface area contributed by atoms with Crippen molar-refractivity contribution in [3.8, 4) is 0 Å². The molecule has 1 saturated carbocycles. The summed E-state index contributed by atoms with van der Waals surface area (Å²) in [6.07, 6.45) is 3.96. The van der Waals surface area contributed by atoms with Gasteiger partial charge in [-0.25, -0.2) is 4.79 Å². The molecular formula is C15H24O2. The maximum absolute atomic E-state index is 11.4. The summed E-state index contributed by atoms with van der Waals surface area (Å²) >= 11 is 0. The summed E-state index contributed by atoms with van der Waals surface area (Å²) in [4.78, 5) is 11.4. The van der Waals surface area contributed by atoms with E-state index in [9.17, 15) is 4.79 Å². The quantitative estimate of drug-likeness (QED) is 0.422. The van der Waals surface area contributed by atoms with Crippen LogP contribution in [0.2, 0.25) is 0 Å². The number of allylic oxidation sites excluding steroid dienone is 3. The van der Waals surface area contributed by atoms with Gasteiger partial charge in [0.25, 0.3) is 0 Å². The Morgan fingerprint density at radius 3 is 2.35 bits per heavy atom. The number of hydrogen-bond acceptors (Lipinski definition) is 2. The molecule has 2 heteroatoms.